The van der Waals surface area contributed by atoms with Crippen LogP contribution in [-0.2, 0) is 22.6 Å². The molecule has 4 rings (SSSR count). The molecule has 140 valence electrons. The van der Waals surface area contributed by atoms with Gasteiger partial charge in [0.15, 0.2) is 0 Å². The van der Waals surface area contributed by atoms with E-state index in [1.54, 1.807) is 0 Å². The zero-order valence-corrected chi connectivity index (χ0v) is 15.3. The van der Waals surface area contributed by atoms with E-state index >= 15 is 0 Å². The van der Waals surface area contributed by atoms with Crippen LogP contribution < -0.4 is 10.1 Å². The van der Waals surface area contributed by atoms with Crippen molar-refractivity contribution < 1.29 is 19.4 Å². The fraction of sp³-hybridized carbons (Fsp3) is 0.364. The van der Waals surface area contributed by atoms with E-state index in [0.29, 0.717) is 19.4 Å². The lowest BCUT2D eigenvalue weighted by atomic mass is 9.73. The molecule has 1 amide bonds. The first-order valence-electron chi connectivity index (χ1n) is 9.40. The van der Waals surface area contributed by atoms with Crippen LogP contribution in [0.15, 0.2) is 42.5 Å². The van der Waals surface area contributed by atoms with Crippen LogP contribution in [0, 0.1) is 11.8 Å². The molecule has 27 heavy (non-hydrogen) atoms. The number of amides is 1. The van der Waals surface area contributed by atoms with Crippen LogP contribution >= 0.6 is 0 Å². The molecule has 3 atom stereocenters. The van der Waals surface area contributed by atoms with E-state index in [1.807, 2.05) is 30.3 Å². The van der Waals surface area contributed by atoms with Crippen molar-refractivity contribution in [3.05, 3.63) is 53.6 Å². The molecule has 0 saturated heterocycles. The lowest BCUT2D eigenvalue weighted by Gasteiger charge is -2.31. The Labute approximate surface area is 158 Å². The monoisotopic (exact) mass is 365 g/mol. The summed E-state index contributed by atoms with van der Waals surface area (Å²) in [5.41, 5.74) is 4.51. The van der Waals surface area contributed by atoms with Gasteiger partial charge >= 0.3 is 5.97 Å². The van der Waals surface area contributed by atoms with Crippen molar-refractivity contribution in [2.75, 3.05) is 0 Å². The molecule has 1 aliphatic carbocycles. The topological polar surface area (TPSA) is 75.6 Å². The minimum absolute atomic E-state index is 0.162. The summed E-state index contributed by atoms with van der Waals surface area (Å²) < 4.78 is 5.75. The summed E-state index contributed by atoms with van der Waals surface area (Å²) in [7, 11) is 0. The van der Waals surface area contributed by atoms with Crippen molar-refractivity contribution in [1.29, 1.82) is 0 Å². The predicted molar refractivity (Wildman–Crippen MR) is 101 cm³/mol. The summed E-state index contributed by atoms with van der Waals surface area (Å²) in [4.78, 5) is 23.2. The van der Waals surface area contributed by atoms with Crippen molar-refractivity contribution in [1.82, 2.24) is 5.32 Å². The zero-order valence-electron chi connectivity index (χ0n) is 15.3. The summed E-state index contributed by atoms with van der Waals surface area (Å²) in [6.07, 6.45) is 2.42. The number of hydrogen-bond acceptors (Lipinski definition) is 3. The summed E-state index contributed by atoms with van der Waals surface area (Å²) >= 11 is 0. The quantitative estimate of drug-likeness (QED) is 0.851. The number of fused-ring (bicyclic) bond motifs is 1. The first-order chi connectivity index (χ1) is 13.0. The number of carbonyl (C=O) groups is 2. The first kappa shape index (κ1) is 17.6. The Balaban J connectivity index is 1.38. The van der Waals surface area contributed by atoms with Gasteiger partial charge in [0, 0.05) is 13.0 Å². The van der Waals surface area contributed by atoms with E-state index in [4.69, 9.17) is 9.84 Å². The predicted octanol–water partition coefficient (Wildman–Crippen LogP) is 3.40. The highest BCUT2D eigenvalue weighted by atomic mass is 16.5. The Kier molecular flexibility index (Phi) is 4.60. The van der Waals surface area contributed by atoms with E-state index in [1.165, 1.54) is 5.56 Å². The van der Waals surface area contributed by atoms with Crippen LogP contribution in [-0.4, -0.2) is 23.1 Å². The maximum atomic E-state index is 12.2. The van der Waals surface area contributed by atoms with Crippen LogP contribution in [0.25, 0.3) is 11.1 Å². The maximum Gasteiger partial charge on any atom is 0.307 e. The second-order valence-corrected chi connectivity index (χ2v) is 7.50. The number of carboxylic acid groups (broad SMARTS) is 1. The van der Waals surface area contributed by atoms with E-state index in [2.05, 4.69) is 24.4 Å². The third-order valence-electron chi connectivity index (χ3n) is 5.58. The number of aliphatic carboxylic acids is 1. The molecule has 1 aliphatic heterocycles. The Morgan fingerprint density at radius 1 is 1.07 bits per heavy atom. The Hall–Kier alpha value is -2.82. The number of carbonyl (C=O) groups excluding carboxylic acids is 1. The van der Waals surface area contributed by atoms with Crippen molar-refractivity contribution >= 4 is 11.9 Å². The van der Waals surface area contributed by atoms with Gasteiger partial charge in [-0.2, -0.15) is 0 Å². The average Bonchev–Trinajstić information content (AvgIpc) is 2.98. The lowest BCUT2D eigenvalue weighted by Crippen LogP contribution is -2.43. The summed E-state index contributed by atoms with van der Waals surface area (Å²) in [5.74, 6) is -0.983. The smallest absolute Gasteiger partial charge is 0.307 e. The molecule has 0 aromatic heterocycles. The van der Waals surface area contributed by atoms with Crippen LogP contribution in [0.2, 0.25) is 0 Å². The number of nitrogens with one attached hydrogen (secondary N) is 1. The van der Waals surface area contributed by atoms with Gasteiger partial charge in [0.25, 0.3) is 0 Å². The molecule has 2 aliphatic rings. The molecule has 2 aromatic carbocycles. The Bertz CT molecular complexity index is 874. The van der Waals surface area contributed by atoms with Crippen LogP contribution in [0.4, 0.5) is 0 Å². The number of hydrogen-bond donors (Lipinski definition) is 2. The molecule has 1 saturated carbocycles. The molecular formula is C22H23NO4. The van der Waals surface area contributed by atoms with Gasteiger partial charge in [0.2, 0.25) is 5.91 Å². The fourth-order valence-electron chi connectivity index (χ4n) is 3.85. The highest BCUT2D eigenvalue weighted by molar-refractivity contribution is 5.86. The molecule has 2 N–H and O–H groups in total. The van der Waals surface area contributed by atoms with E-state index in [9.17, 15) is 9.59 Å². The van der Waals surface area contributed by atoms with Gasteiger partial charge in [0.1, 0.15) is 11.9 Å². The highest BCUT2D eigenvalue weighted by Crippen LogP contribution is 2.35. The van der Waals surface area contributed by atoms with Crippen molar-refractivity contribution in [3.8, 4) is 16.9 Å². The largest absolute Gasteiger partial charge is 0.490 e. The highest BCUT2D eigenvalue weighted by Gasteiger charge is 2.41. The number of benzene rings is 2. The van der Waals surface area contributed by atoms with Crippen LogP contribution in [0.1, 0.15) is 30.9 Å². The molecule has 3 unspecified atom stereocenters. The molecule has 0 radical (unpaired) electrons. The van der Waals surface area contributed by atoms with Crippen LogP contribution in [0.5, 0.6) is 5.75 Å². The lowest BCUT2D eigenvalue weighted by molar-refractivity contribution is -0.152. The van der Waals surface area contributed by atoms with Gasteiger partial charge in [0.05, 0.1) is 11.8 Å². The molecule has 0 bridgehead atoms. The minimum atomic E-state index is -0.875. The maximum absolute atomic E-state index is 12.2. The third-order valence-corrected chi connectivity index (χ3v) is 5.58. The van der Waals surface area contributed by atoms with E-state index in [0.717, 1.165) is 28.9 Å². The second kappa shape index (κ2) is 7.06. The molecule has 5 nitrogen and oxygen atoms in total. The number of carboxylic acids is 1. The third kappa shape index (κ3) is 3.54. The van der Waals surface area contributed by atoms with Gasteiger partial charge in [-0.3, -0.25) is 9.59 Å². The SMILES string of the molecule is CC1Cc2cc(-c3ccc(CNC(=O)C4CCC4C(=O)O)cc3)ccc2O1. The minimum Gasteiger partial charge on any atom is -0.490 e. The molecule has 1 fully saturated rings. The fourth-order valence-corrected chi connectivity index (χ4v) is 3.85. The van der Waals surface area contributed by atoms with E-state index < -0.39 is 17.8 Å². The van der Waals surface area contributed by atoms with Crippen LogP contribution in [0.3, 0.4) is 0 Å². The van der Waals surface area contributed by atoms with Gasteiger partial charge in [-0.1, -0.05) is 30.3 Å². The van der Waals surface area contributed by atoms with Crippen molar-refractivity contribution in [3.63, 3.8) is 0 Å². The van der Waals surface area contributed by atoms with Crippen molar-refractivity contribution in [2.45, 2.75) is 38.8 Å². The van der Waals surface area contributed by atoms with E-state index in [-0.39, 0.29) is 12.0 Å². The van der Waals surface area contributed by atoms with Gasteiger partial charge < -0.3 is 15.2 Å². The molecule has 0 spiro atoms. The second-order valence-electron chi connectivity index (χ2n) is 7.50. The normalized spacial score (nSPS) is 23.1. The Morgan fingerprint density at radius 2 is 1.78 bits per heavy atom. The molecular weight excluding hydrogens is 342 g/mol. The number of rotatable bonds is 5. The van der Waals surface area contributed by atoms with Gasteiger partial charge in [-0.15, -0.1) is 0 Å². The molecule has 5 heteroatoms. The molecule has 2 aromatic rings. The van der Waals surface area contributed by atoms with Gasteiger partial charge in [-0.05, 0) is 54.2 Å². The Morgan fingerprint density at radius 3 is 2.44 bits per heavy atom. The average molecular weight is 365 g/mol. The molecule has 1 heterocycles. The van der Waals surface area contributed by atoms with Gasteiger partial charge in [-0.25, -0.2) is 0 Å². The zero-order chi connectivity index (χ0) is 19.0. The number of ether oxygens (including phenoxy) is 1. The first-order valence-corrected chi connectivity index (χ1v) is 9.40. The summed E-state index contributed by atoms with van der Waals surface area (Å²) in [5, 5.41) is 11.9. The summed E-state index contributed by atoms with van der Waals surface area (Å²) in [6, 6.07) is 14.4. The summed E-state index contributed by atoms with van der Waals surface area (Å²) in [6.45, 7) is 2.49. The van der Waals surface area contributed by atoms with Crippen molar-refractivity contribution in [2.24, 2.45) is 11.8 Å². The standard InChI is InChI=1S/C22H23NO4/c1-13-10-17-11-16(6-9-20(17)27-13)15-4-2-14(3-5-15)12-23-21(24)18-7-8-19(18)22(25)26/h2-6,9,11,13,18-19H,7-8,10,12H2,1H3,(H,23,24)(H,25,26).